The average Bonchev–Trinajstić information content (AvgIpc) is 3.31. The maximum Gasteiger partial charge on any atom is 0.00860 e. The molecule has 0 saturated heterocycles. The second-order valence-corrected chi connectivity index (χ2v) is 12.2. The first kappa shape index (κ1) is 21.4. The van der Waals surface area contributed by atoms with E-state index in [4.69, 9.17) is 0 Å². The van der Waals surface area contributed by atoms with Crippen molar-refractivity contribution in [3.8, 4) is 0 Å². The fourth-order valence-corrected chi connectivity index (χ4v) is 6.69. The van der Waals surface area contributed by atoms with Gasteiger partial charge >= 0.3 is 0 Å². The summed E-state index contributed by atoms with van der Waals surface area (Å²) < 4.78 is 0. The molecule has 0 aliphatic rings. The molecule has 0 aliphatic carbocycles. The summed E-state index contributed by atoms with van der Waals surface area (Å²) >= 11 is 0. The number of rotatable bonds is 5. The van der Waals surface area contributed by atoms with Crippen LogP contribution in [0, 0.1) is 0 Å². The lowest BCUT2D eigenvalue weighted by Gasteiger charge is -2.34. The van der Waals surface area contributed by atoms with Gasteiger partial charge in [-0.25, -0.2) is 0 Å². The molecule has 0 bridgehead atoms. The highest BCUT2D eigenvalue weighted by Crippen LogP contribution is 2.45. The van der Waals surface area contributed by atoms with Crippen molar-refractivity contribution in [1.29, 1.82) is 0 Å². The summed E-state index contributed by atoms with van der Waals surface area (Å²) in [6, 6.07) is 9.21. The Balaban J connectivity index is 2.21. The molecule has 1 atom stereocenters. The van der Waals surface area contributed by atoms with E-state index in [1.807, 2.05) is 12.4 Å². The molecular weight excluding hydrogens is 378 g/mol. The normalized spacial score (nSPS) is 12.7. The predicted octanol–water partition coefficient (Wildman–Crippen LogP) is 5.95. The molecule has 4 heteroatoms. The predicted molar refractivity (Wildman–Crippen MR) is 129 cm³/mol. The quantitative estimate of drug-likeness (QED) is 0.486. The summed E-state index contributed by atoms with van der Waals surface area (Å²) in [7, 11) is 2.49. The van der Waals surface area contributed by atoms with Crippen LogP contribution < -0.4 is 10.6 Å². The van der Waals surface area contributed by atoms with Crippen LogP contribution in [0.25, 0.3) is 0 Å². The minimum absolute atomic E-state index is 0.102. The lowest BCUT2D eigenvalue weighted by Crippen LogP contribution is -2.25. The maximum absolute atomic E-state index is 3.27. The monoisotopic (exact) mass is 412 g/mol. The van der Waals surface area contributed by atoms with E-state index in [0.29, 0.717) is 0 Å². The van der Waals surface area contributed by atoms with Crippen LogP contribution in [0.2, 0.25) is 0 Å². The second-order valence-electron chi connectivity index (χ2n) is 9.55. The average molecular weight is 412 g/mol. The number of hydrogen-bond acceptors (Lipinski definition) is 0. The van der Waals surface area contributed by atoms with Crippen LogP contribution in [0.5, 0.6) is 0 Å². The third-order valence-electron chi connectivity index (χ3n) is 5.29. The second kappa shape index (κ2) is 8.17. The Morgan fingerprint density at radius 2 is 1.39 bits per heavy atom. The van der Waals surface area contributed by atoms with Crippen LogP contribution in [0.15, 0.2) is 49.1 Å². The minimum Gasteiger partial charge on any atom is -0.367 e. The Hall–Kier alpha value is -1.36. The van der Waals surface area contributed by atoms with Gasteiger partial charge < -0.3 is 9.97 Å². The van der Waals surface area contributed by atoms with E-state index in [1.54, 1.807) is 11.1 Å². The first-order valence-electron chi connectivity index (χ1n) is 10.0. The van der Waals surface area contributed by atoms with Gasteiger partial charge in [0.1, 0.15) is 0 Å². The topological polar surface area (TPSA) is 31.6 Å². The van der Waals surface area contributed by atoms with Gasteiger partial charge in [0.25, 0.3) is 0 Å². The van der Waals surface area contributed by atoms with Crippen LogP contribution in [0.1, 0.15) is 63.8 Å². The number of nitrogens with one attached hydrogen (secondary N) is 2. The third kappa shape index (κ3) is 4.45. The Labute approximate surface area is 173 Å². The first-order chi connectivity index (χ1) is 13.1. The Morgan fingerprint density at radius 1 is 0.821 bits per heavy atom. The molecule has 0 aliphatic heterocycles. The van der Waals surface area contributed by atoms with Crippen molar-refractivity contribution in [1.82, 2.24) is 9.97 Å². The van der Waals surface area contributed by atoms with Crippen molar-refractivity contribution in [2.24, 2.45) is 0 Å². The van der Waals surface area contributed by atoms with Crippen LogP contribution in [0.4, 0.5) is 0 Å². The molecular formula is C24H34N2P2. The zero-order valence-corrected chi connectivity index (χ0v) is 20.1. The first-order valence-corrected chi connectivity index (χ1v) is 12.4. The lowest BCUT2D eigenvalue weighted by atomic mass is 9.72. The van der Waals surface area contributed by atoms with E-state index in [0.717, 1.165) is 12.3 Å². The van der Waals surface area contributed by atoms with E-state index in [-0.39, 0.29) is 10.8 Å². The smallest absolute Gasteiger partial charge is 0.00860 e. The summed E-state index contributed by atoms with van der Waals surface area (Å²) in [6.45, 7) is 14.1. The summed E-state index contributed by atoms with van der Waals surface area (Å²) in [5, 5.41) is 2.82. The molecule has 0 spiro atoms. The zero-order chi connectivity index (χ0) is 20.5. The van der Waals surface area contributed by atoms with Crippen LogP contribution in [-0.2, 0) is 23.2 Å². The molecule has 2 heterocycles. The van der Waals surface area contributed by atoms with E-state index < -0.39 is 7.92 Å². The van der Waals surface area contributed by atoms with Crippen molar-refractivity contribution < 1.29 is 0 Å². The van der Waals surface area contributed by atoms with Crippen LogP contribution in [0.3, 0.4) is 0 Å². The van der Waals surface area contributed by atoms with Gasteiger partial charge in [0, 0.05) is 30.9 Å². The molecule has 1 aromatic carbocycles. The summed E-state index contributed by atoms with van der Waals surface area (Å²) in [5.41, 5.74) is 6.26. The molecule has 3 aromatic rings. The fraction of sp³-hybridized carbons (Fsp3) is 0.417. The van der Waals surface area contributed by atoms with Gasteiger partial charge in [0.05, 0.1) is 0 Å². The third-order valence-corrected chi connectivity index (χ3v) is 8.17. The molecule has 150 valence electrons. The van der Waals surface area contributed by atoms with Crippen molar-refractivity contribution in [3.63, 3.8) is 0 Å². The number of benzene rings is 1. The fourth-order valence-electron chi connectivity index (χ4n) is 4.00. The van der Waals surface area contributed by atoms with Crippen molar-refractivity contribution >= 4 is 27.8 Å². The molecule has 1 unspecified atom stereocenters. The molecule has 2 nitrogen and oxygen atoms in total. The Bertz CT molecular complexity index is 861. The molecule has 0 fully saturated rings. The van der Waals surface area contributed by atoms with Gasteiger partial charge in [-0.2, -0.15) is 0 Å². The molecule has 0 radical (unpaired) electrons. The van der Waals surface area contributed by atoms with Crippen molar-refractivity contribution in [2.75, 3.05) is 0 Å². The van der Waals surface area contributed by atoms with Gasteiger partial charge in [-0.3, -0.25) is 0 Å². The Kier molecular flexibility index (Phi) is 6.23. The van der Waals surface area contributed by atoms with Gasteiger partial charge in [0.2, 0.25) is 0 Å². The maximum atomic E-state index is 3.27. The van der Waals surface area contributed by atoms with Crippen molar-refractivity contribution in [2.45, 2.75) is 64.7 Å². The molecule has 2 N–H and O–H groups in total. The number of hydrogen-bond donors (Lipinski definition) is 2. The number of aromatic nitrogens is 2. The molecule has 3 rings (SSSR count). The molecule has 2 aromatic heterocycles. The van der Waals surface area contributed by atoms with E-state index in [1.165, 1.54) is 21.7 Å². The van der Waals surface area contributed by atoms with Crippen LogP contribution in [-0.4, -0.2) is 9.97 Å². The molecule has 0 saturated carbocycles. The lowest BCUT2D eigenvalue weighted by molar-refractivity contribution is 0.526. The standard InChI is InChI=1S/C24H34N2P2/c1-23(2,3)21-8-7-17(15-27)20(22(21)24(4,5)6)16-28(18-9-11-25-13-18)19-10-12-26-14-19/h7-14,25-26H,15-16,27H2,1-6H3. The largest absolute Gasteiger partial charge is 0.367 e. The summed E-state index contributed by atoms with van der Waals surface area (Å²) in [5.74, 6) is 0. The van der Waals surface area contributed by atoms with Crippen molar-refractivity contribution in [3.05, 3.63) is 71.3 Å². The van der Waals surface area contributed by atoms with Gasteiger partial charge in [-0.15, -0.1) is 9.24 Å². The highest BCUT2D eigenvalue weighted by Gasteiger charge is 2.30. The highest BCUT2D eigenvalue weighted by molar-refractivity contribution is 7.72. The Morgan fingerprint density at radius 3 is 1.79 bits per heavy atom. The molecule has 0 amide bonds. The number of H-pyrrole nitrogens is 2. The van der Waals surface area contributed by atoms with Gasteiger partial charge in [-0.05, 0) is 69.9 Å². The van der Waals surface area contributed by atoms with E-state index >= 15 is 0 Å². The molecule has 28 heavy (non-hydrogen) atoms. The SMILES string of the molecule is CC(C)(C)c1ccc(CP)c(CP(c2cc[nH]c2)c2cc[nH]c2)c1C(C)(C)C. The van der Waals surface area contributed by atoms with E-state index in [9.17, 15) is 0 Å². The number of aromatic amines is 2. The zero-order valence-electron chi connectivity index (χ0n) is 18.1. The van der Waals surface area contributed by atoms with Gasteiger partial charge in [-0.1, -0.05) is 53.7 Å². The van der Waals surface area contributed by atoms with E-state index in [2.05, 4.69) is 97.4 Å². The van der Waals surface area contributed by atoms with Gasteiger partial charge in [0.15, 0.2) is 0 Å². The minimum atomic E-state index is -0.458. The highest BCUT2D eigenvalue weighted by atomic mass is 31.1. The van der Waals surface area contributed by atoms with Crippen LogP contribution >= 0.6 is 17.2 Å². The summed E-state index contributed by atoms with van der Waals surface area (Å²) in [4.78, 5) is 6.54. The summed E-state index contributed by atoms with van der Waals surface area (Å²) in [6.07, 6.45) is 10.5.